The van der Waals surface area contributed by atoms with Crippen LogP contribution in [-0.4, -0.2) is 25.9 Å². The minimum atomic E-state index is 0.0103. The van der Waals surface area contributed by atoms with Gasteiger partial charge in [-0.05, 0) is 19.3 Å². The van der Waals surface area contributed by atoms with Crippen LogP contribution in [0.4, 0.5) is 5.13 Å². The third-order valence-corrected chi connectivity index (χ3v) is 4.36. The topological polar surface area (TPSA) is 64.7 Å². The predicted octanol–water partition coefficient (Wildman–Crippen LogP) is 1.71. The number of rotatable bonds is 5. The van der Waals surface area contributed by atoms with E-state index in [0.717, 1.165) is 54.6 Å². The van der Waals surface area contributed by atoms with Gasteiger partial charge in [-0.1, -0.05) is 6.92 Å². The summed E-state index contributed by atoms with van der Waals surface area (Å²) >= 11 is 1.59. The van der Waals surface area contributed by atoms with E-state index >= 15 is 0 Å². The fraction of sp³-hybridized carbons (Fsp3) is 0.615. The van der Waals surface area contributed by atoms with Crippen molar-refractivity contribution in [3.63, 3.8) is 0 Å². The van der Waals surface area contributed by atoms with E-state index in [2.05, 4.69) is 22.3 Å². The molecule has 3 rings (SSSR count). The molecule has 2 aromatic rings. The Morgan fingerprint density at radius 1 is 1.45 bits per heavy atom. The highest BCUT2D eigenvalue weighted by Crippen LogP contribution is 2.18. The van der Waals surface area contributed by atoms with E-state index in [1.807, 2.05) is 6.20 Å². The van der Waals surface area contributed by atoms with Gasteiger partial charge in [0.25, 0.3) is 0 Å². The molecular formula is C13H19N5OS. The summed E-state index contributed by atoms with van der Waals surface area (Å²) in [5.41, 5.74) is 0.0103. The van der Waals surface area contributed by atoms with Gasteiger partial charge in [0.05, 0.1) is 6.54 Å². The summed E-state index contributed by atoms with van der Waals surface area (Å²) in [7, 11) is 0. The molecule has 0 atom stereocenters. The van der Waals surface area contributed by atoms with E-state index in [1.165, 1.54) is 0 Å². The van der Waals surface area contributed by atoms with Crippen LogP contribution in [0.25, 0.3) is 0 Å². The second-order valence-electron chi connectivity index (χ2n) is 5.02. The van der Waals surface area contributed by atoms with Gasteiger partial charge in [0.15, 0.2) is 5.13 Å². The zero-order chi connectivity index (χ0) is 13.9. The van der Waals surface area contributed by atoms with Gasteiger partial charge in [-0.15, -0.1) is 11.3 Å². The number of aryl methyl sites for hydroxylation is 1. The van der Waals surface area contributed by atoms with Crippen molar-refractivity contribution < 1.29 is 0 Å². The molecule has 6 nitrogen and oxygen atoms in total. The smallest absolute Gasteiger partial charge is 0.346 e. The summed E-state index contributed by atoms with van der Waals surface area (Å²) in [6, 6.07) is 0. The Bertz CT molecular complexity index is 641. The summed E-state index contributed by atoms with van der Waals surface area (Å²) in [6.45, 7) is 4.37. The van der Waals surface area contributed by atoms with E-state index in [4.69, 9.17) is 0 Å². The van der Waals surface area contributed by atoms with E-state index < -0.39 is 0 Å². The van der Waals surface area contributed by atoms with E-state index in [1.54, 1.807) is 20.6 Å². The third-order valence-electron chi connectivity index (χ3n) is 3.42. The van der Waals surface area contributed by atoms with Crippen LogP contribution in [0.5, 0.6) is 0 Å². The maximum absolute atomic E-state index is 12.2. The van der Waals surface area contributed by atoms with Crippen LogP contribution in [0.15, 0.2) is 11.0 Å². The molecule has 0 bridgehead atoms. The molecule has 1 aliphatic heterocycles. The molecule has 0 aromatic carbocycles. The lowest BCUT2D eigenvalue weighted by Crippen LogP contribution is -2.27. The lowest BCUT2D eigenvalue weighted by atomic mass is 10.2. The zero-order valence-electron chi connectivity index (χ0n) is 11.6. The molecule has 0 radical (unpaired) electrons. The van der Waals surface area contributed by atoms with Crippen molar-refractivity contribution >= 4 is 16.5 Å². The average molecular weight is 293 g/mol. The quantitative estimate of drug-likeness (QED) is 0.911. The molecule has 1 N–H and O–H groups in total. The molecular weight excluding hydrogens is 274 g/mol. The molecule has 1 aliphatic rings. The molecule has 0 unspecified atom stereocenters. The number of nitrogens with one attached hydrogen (secondary N) is 1. The van der Waals surface area contributed by atoms with Crippen molar-refractivity contribution in [2.45, 2.75) is 45.7 Å². The van der Waals surface area contributed by atoms with Crippen LogP contribution in [-0.2, 0) is 19.5 Å². The molecule has 0 fully saturated rings. The Kier molecular flexibility index (Phi) is 3.86. The Labute approximate surface area is 121 Å². The van der Waals surface area contributed by atoms with E-state index in [0.29, 0.717) is 6.54 Å². The first kappa shape index (κ1) is 13.4. The lowest BCUT2D eigenvalue weighted by molar-refractivity contribution is 0.511. The zero-order valence-corrected chi connectivity index (χ0v) is 12.4. The first-order valence-corrected chi connectivity index (χ1v) is 7.94. The first-order chi connectivity index (χ1) is 9.78. The Hall–Kier alpha value is -1.63. The number of hydrogen-bond donors (Lipinski definition) is 1. The van der Waals surface area contributed by atoms with Crippen LogP contribution >= 0.6 is 11.3 Å². The molecule has 108 valence electrons. The molecule has 0 saturated carbocycles. The number of hydrogen-bond acceptors (Lipinski definition) is 5. The van der Waals surface area contributed by atoms with Crippen molar-refractivity contribution in [1.82, 2.24) is 19.3 Å². The Morgan fingerprint density at radius 2 is 2.35 bits per heavy atom. The van der Waals surface area contributed by atoms with Crippen LogP contribution in [0.3, 0.4) is 0 Å². The van der Waals surface area contributed by atoms with Gasteiger partial charge in [0.1, 0.15) is 5.82 Å². The maximum atomic E-state index is 12.2. The van der Waals surface area contributed by atoms with Gasteiger partial charge >= 0.3 is 5.69 Å². The Balaban J connectivity index is 1.76. The molecule has 7 heteroatoms. The molecule has 0 amide bonds. The maximum Gasteiger partial charge on any atom is 0.346 e. The number of aromatic nitrogens is 4. The molecule has 3 heterocycles. The first-order valence-electron chi connectivity index (χ1n) is 7.13. The minimum absolute atomic E-state index is 0.0103. The summed E-state index contributed by atoms with van der Waals surface area (Å²) < 4.78 is 3.37. The molecule has 0 aliphatic carbocycles. The molecule has 0 spiro atoms. The van der Waals surface area contributed by atoms with Crippen molar-refractivity contribution in [2.24, 2.45) is 0 Å². The fourth-order valence-electron chi connectivity index (χ4n) is 2.39. The highest BCUT2D eigenvalue weighted by atomic mass is 32.1. The standard InChI is InChI=1S/C13H19N5OS/c1-2-6-14-12-15-8-10(20-12)9-18-13(19)17-7-4-3-5-11(17)16-18/h8H,2-7,9H2,1H3,(H,14,15). The predicted molar refractivity (Wildman–Crippen MR) is 79.4 cm³/mol. The largest absolute Gasteiger partial charge is 0.362 e. The monoisotopic (exact) mass is 293 g/mol. The van der Waals surface area contributed by atoms with Gasteiger partial charge in [-0.2, -0.15) is 5.10 Å². The number of nitrogens with zero attached hydrogens (tertiary/aromatic N) is 4. The van der Waals surface area contributed by atoms with Gasteiger partial charge < -0.3 is 5.32 Å². The average Bonchev–Trinajstić information content (AvgIpc) is 3.03. The van der Waals surface area contributed by atoms with Gasteiger partial charge in [-0.25, -0.2) is 14.5 Å². The van der Waals surface area contributed by atoms with E-state index in [-0.39, 0.29) is 5.69 Å². The fourth-order valence-corrected chi connectivity index (χ4v) is 3.21. The van der Waals surface area contributed by atoms with Crippen LogP contribution < -0.4 is 11.0 Å². The second-order valence-corrected chi connectivity index (χ2v) is 6.14. The highest BCUT2D eigenvalue weighted by Gasteiger charge is 2.17. The van der Waals surface area contributed by atoms with Crippen molar-refractivity contribution in [3.05, 3.63) is 27.4 Å². The summed E-state index contributed by atoms with van der Waals surface area (Å²) in [5, 5.41) is 8.62. The highest BCUT2D eigenvalue weighted by molar-refractivity contribution is 7.15. The number of thiazole rings is 1. The minimum Gasteiger partial charge on any atom is -0.362 e. The number of fused-ring (bicyclic) bond motifs is 1. The lowest BCUT2D eigenvalue weighted by Gasteiger charge is -2.09. The van der Waals surface area contributed by atoms with Crippen LogP contribution in [0.2, 0.25) is 0 Å². The second kappa shape index (κ2) is 5.78. The summed E-state index contributed by atoms with van der Waals surface area (Å²) in [5.74, 6) is 0.926. The SMILES string of the molecule is CCCNc1ncc(Cn2nc3n(c2=O)CCCC3)s1. The van der Waals surface area contributed by atoms with Crippen molar-refractivity contribution in [2.75, 3.05) is 11.9 Å². The van der Waals surface area contributed by atoms with Crippen molar-refractivity contribution in [3.8, 4) is 0 Å². The van der Waals surface area contributed by atoms with Gasteiger partial charge in [0.2, 0.25) is 0 Å². The summed E-state index contributed by atoms with van der Waals surface area (Å²) in [6.07, 6.45) is 6.01. The Morgan fingerprint density at radius 3 is 3.15 bits per heavy atom. The number of anilines is 1. The van der Waals surface area contributed by atoms with Crippen molar-refractivity contribution in [1.29, 1.82) is 0 Å². The third kappa shape index (κ3) is 2.63. The summed E-state index contributed by atoms with van der Waals surface area (Å²) in [4.78, 5) is 17.6. The van der Waals surface area contributed by atoms with E-state index in [9.17, 15) is 4.79 Å². The van der Waals surface area contributed by atoms with Crippen LogP contribution in [0, 0.1) is 0 Å². The molecule has 20 heavy (non-hydrogen) atoms. The van der Waals surface area contributed by atoms with Gasteiger partial charge in [-0.3, -0.25) is 4.57 Å². The van der Waals surface area contributed by atoms with Gasteiger partial charge in [0, 0.05) is 30.6 Å². The normalized spacial score (nSPS) is 14.2. The molecule has 0 saturated heterocycles. The van der Waals surface area contributed by atoms with Crippen LogP contribution in [0.1, 0.15) is 36.9 Å². The molecule has 2 aromatic heterocycles.